The van der Waals surface area contributed by atoms with Gasteiger partial charge in [0.25, 0.3) is 0 Å². The van der Waals surface area contributed by atoms with Gasteiger partial charge in [-0.2, -0.15) is 0 Å². The molecule has 54 valence electrons. The number of aryl methyl sites for hydroxylation is 1. The predicted octanol–water partition coefficient (Wildman–Crippen LogP) is 0.978. The van der Waals surface area contributed by atoms with E-state index in [0.29, 0.717) is 6.42 Å². The summed E-state index contributed by atoms with van der Waals surface area (Å²) in [5, 5.41) is 9.31. The van der Waals surface area contributed by atoms with Crippen molar-refractivity contribution in [2.24, 2.45) is 0 Å². The Labute approximate surface area is 63.1 Å². The predicted molar refractivity (Wildman–Crippen MR) is 39.0 cm³/mol. The van der Waals surface area contributed by atoms with Gasteiger partial charge in [0.2, 0.25) is 0 Å². The molecular formula is C6H8N2OS. The van der Waals surface area contributed by atoms with Crippen molar-refractivity contribution >= 4 is 17.1 Å². The van der Waals surface area contributed by atoms with Crippen LogP contribution in [0.15, 0.2) is 0 Å². The molecule has 0 spiro atoms. The van der Waals surface area contributed by atoms with Crippen LogP contribution in [-0.4, -0.2) is 16.0 Å². The van der Waals surface area contributed by atoms with Crippen LogP contribution in [-0.2, 0) is 11.2 Å². The first-order valence-corrected chi connectivity index (χ1v) is 3.78. The molecule has 4 heteroatoms. The highest BCUT2D eigenvalue weighted by atomic mass is 32.1. The average molecular weight is 156 g/mol. The molecule has 0 N–H and O–H groups in total. The van der Waals surface area contributed by atoms with Gasteiger partial charge in [0.05, 0.1) is 6.42 Å². The number of ketones is 1. The molecule has 0 aliphatic carbocycles. The van der Waals surface area contributed by atoms with Crippen molar-refractivity contribution in [3.8, 4) is 0 Å². The zero-order valence-corrected chi connectivity index (χ0v) is 6.73. The zero-order chi connectivity index (χ0) is 7.56. The number of hydrogen-bond donors (Lipinski definition) is 0. The molecule has 0 amide bonds. The smallest absolute Gasteiger partial charge is 0.136 e. The highest BCUT2D eigenvalue weighted by Crippen LogP contribution is 2.08. The summed E-state index contributed by atoms with van der Waals surface area (Å²) in [5.41, 5.74) is 0. The van der Waals surface area contributed by atoms with Crippen LogP contribution in [0.25, 0.3) is 0 Å². The van der Waals surface area contributed by atoms with E-state index in [1.807, 2.05) is 6.92 Å². The van der Waals surface area contributed by atoms with E-state index in [1.54, 1.807) is 6.92 Å². The number of nitrogens with zero attached hydrogens (tertiary/aromatic N) is 2. The van der Waals surface area contributed by atoms with Crippen LogP contribution >= 0.6 is 11.3 Å². The van der Waals surface area contributed by atoms with E-state index in [2.05, 4.69) is 10.2 Å². The molecular weight excluding hydrogens is 148 g/mol. The number of Topliss-reactive ketones (excluding diaryl/α,β-unsaturated/α-hetero) is 1. The Kier molecular flexibility index (Phi) is 2.11. The van der Waals surface area contributed by atoms with E-state index in [0.717, 1.165) is 10.0 Å². The number of aromatic nitrogens is 2. The number of carbonyl (C=O) groups is 1. The maximum atomic E-state index is 10.6. The molecule has 0 saturated heterocycles. The Morgan fingerprint density at radius 1 is 1.60 bits per heavy atom. The third kappa shape index (κ3) is 1.88. The second-order valence-corrected chi connectivity index (χ2v) is 3.36. The van der Waals surface area contributed by atoms with Gasteiger partial charge in [-0.05, 0) is 13.8 Å². The van der Waals surface area contributed by atoms with Crippen LogP contribution in [0.2, 0.25) is 0 Å². The molecule has 0 radical (unpaired) electrons. The Morgan fingerprint density at radius 3 is 2.70 bits per heavy atom. The fraction of sp³-hybridized carbons (Fsp3) is 0.500. The SMILES string of the molecule is CC(=O)Cc1nnc(C)s1. The lowest BCUT2D eigenvalue weighted by Crippen LogP contribution is -1.94. The minimum atomic E-state index is 0.135. The van der Waals surface area contributed by atoms with Crippen molar-refractivity contribution in [3.63, 3.8) is 0 Å². The largest absolute Gasteiger partial charge is 0.300 e. The molecule has 0 saturated carbocycles. The number of carbonyl (C=O) groups excluding carboxylic acids is 1. The van der Waals surface area contributed by atoms with Crippen LogP contribution in [0, 0.1) is 6.92 Å². The Hall–Kier alpha value is -0.770. The normalized spacial score (nSPS) is 9.80. The van der Waals surface area contributed by atoms with E-state index in [4.69, 9.17) is 0 Å². The number of hydrogen-bond acceptors (Lipinski definition) is 4. The van der Waals surface area contributed by atoms with Gasteiger partial charge in [-0.3, -0.25) is 4.79 Å². The van der Waals surface area contributed by atoms with E-state index < -0.39 is 0 Å². The molecule has 10 heavy (non-hydrogen) atoms. The lowest BCUT2D eigenvalue weighted by molar-refractivity contribution is -0.116. The summed E-state index contributed by atoms with van der Waals surface area (Å²) in [4.78, 5) is 10.6. The summed E-state index contributed by atoms with van der Waals surface area (Å²) >= 11 is 1.47. The molecule has 3 nitrogen and oxygen atoms in total. The summed E-state index contributed by atoms with van der Waals surface area (Å²) in [6.07, 6.45) is 0.422. The molecule has 0 aromatic carbocycles. The van der Waals surface area contributed by atoms with Crippen LogP contribution in [0.5, 0.6) is 0 Å². The van der Waals surface area contributed by atoms with Gasteiger partial charge >= 0.3 is 0 Å². The standard InChI is InChI=1S/C6H8N2OS/c1-4(9)3-6-8-7-5(2)10-6/h3H2,1-2H3. The summed E-state index contributed by atoms with van der Waals surface area (Å²) in [6, 6.07) is 0. The summed E-state index contributed by atoms with van der Waals surface area (Å²) < 4.78 is 0. The summed E-state index contributed by atoms with van der Waals surface area (Å²) in [5.74, 6) is 0.135. The Morgan fingerprint density at radius 2 is 2.30 bits per heavy atom. The molecule has 1 rings (SSSR count). The van der Waals surface area contributed by atoms with Crippen molar-refractivity contribution in [1.29, 1.82) is 0 Å². The molecule has 1 heterocycles. The maximum absolute atomic E-state index is 10.6. The molecule has 0 aliphatic rings. The van der Waals surface area contributed by atoms with Crippen molar-refractivity contribution in [2.75, 3.05) is 0 Å². The first-order valence-electron chi connectivity index (χ1n) is 2.97. The molecule has 0 unspecified atom stereocenters. The maximum Gasteiger partial charge on any atom is 0.136 e. The topological polar surface area (TPSA) is 42.9 Å². The van der Waals surface area contributed by atoms with Crippen molar-refractivity contribution < 1.29 is 4.79 Å². The van der Waals surface area contributed by atoms with Gasteiger partial charge in [0.15, 0.2) is 0 Å². The lowest BCUT2D eigenvalue weighted by Gasteiger charge is -1.83. The highest BCUT2D eigenvalue weighted by molar-refractivity contribution is 7.11. The van der Waals surface area contributed by atoms with Gasteiger partial charge in [-0.1, -0.05) is 0 Å². The van der Waals surface area contributed by atoms with Crippen LogP contribution in [0.3, 0.4) is 0 Å². The third-order valence-electron chi connectivity index (χ3n) is 0.968. The highest BCUT2D eigenvalue weighted by Gasteiger charge is 2.01. The van der Waals surface area contributed by atoms with Crippen molar-refractivity contribution in [3.05, 3.63) is 10.0 Å². The van der Waals surface area contributed by atoms with Gasteiger partial charge in [-0.25, -0.2) is 0 Å². The van der Waals surface area contributed by atoms with Crippen LogP contribution in [0.4, 0.5) is 0 Å². The second-order valence-electron chi connectivity index (χ2n) is 2.09. The van der Waals surface area contributed by atoms with Crippen molar-refractivity contribution in [2.45, 2.75) is 20.3 Å². The summed E-state index contributed by atoms with van der Waals surface area (Å²) in [7, 11) is 0. The first-order chi connectivity index (χ1) is 4.68. The third-order valence-corrected chi connectivity index (χ3v) is 1.81. The van der Waals surface area contributed by atoms with E-state index in [-0.39, 0.29) is 5.78 Å². The second kappa shape index (κ2) is 2.88. The monoisotopic (exact) mass is 156 g/mol. The van der Waals surface area contributed by atoms with E-state index in [1.165, 1.54) is 11.3 Å². The van der Waals surface area contributed by atoms with Gasteiger partial charge in [-0.15, -0.1) is 21.5 Å². The van der Waals surface area contributed by atoms with Crippen molar-refractivity contribution in [1.82, 2.24) is 10.2 Å². The van der Waals surface area contributed by atoms with Gasteiger partial charge in [0, 0.05) is 0 Å². The molecule has 0 bridgehead atoms. The lowest BCUT2D eigenvalue weighted by atomic mass is 10.3. The fourth-order valence-corrected chi connectivity index (χ4v) is 1.40. The first kappa shape index (κ1) is 7.34. The van der Waals surface area contributed by atoms with E-state index in [9.17, 15) is 4.79 Å². The molecule has 0 fully saturated rings. The zero-order valence-electron chi connectivity index (χ0n) is 5.92. The Bertz CT molecular complexity index is 244. The average Bonchev–Trinajstić information content (AvgIpc) is 2.13. The molecule has 0 atom stereocenters. The van der Waals surface area contributed by atoms with Gasteiger partial charge in [0.1, 0.15) is 15.8 Å². The molecule has 0 aliphatic heterocycles. The molecule has 1 aromatic heterocycles. The van der Waals surface area contributed by atoms with Gasteiger partial charge < -0.3 is 0 Å². The van der Waals surface area contributed by atoms with Crippen LogP contribution in [0.1, 0.15) is 16.9 Å². The minimum Gasteiger partial charge on any atom is -0.300 e. The van der Waals surface area contributed by atoms with Crippen LogP contribution < -0.4 is 0 Å². The quantitative estimate of drug-likeness (QED) is 0.641. The van der Waals surface area contributed by atoms with E-state index >= 15 is 0 Å². The fourth-order valence-electron chi connectivity index (χ4n) is 0.622. The summed E-state index contributed by atoms with van der Waals surface area (Å²) in [6.45, 7) is 3.43. The number of rotatable bonds is 2. The minimum absolute atomic E-state index is 0.135. The Balaban J connectivity index is 2.67. The molecule has 1 aromatic rings.